The molecule has 3 N–H and O–H groups in total. The van der Waals surface area contributed by atoms with Crippen molar-refractivity contribution in [1.29, 1.82) is 5.26 Å². The Morgan fingerprint density at radius 1 is 1.17 bits per heavy atom. The van der Waals surface area contributed by atoms with Crippen LogP contribution in [0, 0.1) is 11.3 Å². The fourth-order valence-electron chi connectivity index (χ4n) is 4.15. The topological polar surface area (TPSA) is 137 Å². The molecule has 0 aliphatic carbocycles. The maximum absolute atomic E-state index is 13.1. The van der Waals surface area contributed by atoms with E-state index in [0.29, 0.717) is 90.6 Å². The van der Waals surface area contributed by atoms with E-state index in [2.05, 4.69) is 38.6 Å². The Bertz CT molecular complexity index is 1280. The van der Waals surface area contributed by atoms with E-state index in [1.165, 1.54) is 0 Å². The number of hydrogen-bond acceptors (Lipinski definition) is 9. The van der Waals surface area contributed by atoms with E-state index in [1.54, 1.807) is 23.2 Å². The lowest BCUT2D eigenvalue weighted by molar-refractivity contribution is 0.0298. The number of ether oxygens (including phenoxy) is 3. The molecule has 2 aromatic heterocycles. The van der Waals surface area contributed by atoms with Crippen LogP contribution in [0.25, 0.3) is 11.0 Å². The lowest BCUT2D eigenvalue weighted by Gasteiger charge is -2.29. The number of aromatic amines is 1. The van der Waals surface area contributed by atoms with Crippen molar-refractivity contribution in [3.63, 3.8) is 0 Å². The van der Waals surface area contributed by atoms with Crippen molar-refractivity contribution in [2.24, 2.45) is 0 Å². The van der Waals surface area contributed by atoms with Crippen molar-refractivity contribution in [3.05, 3.63) is 29.5 Å². The summed E-state index contributed by atoms with van der Waals surface area (Å²) < 4.78 is 17.2. The molecule has 0 radical (unpaired) electrons. The number of H-pyrrole nitrogens is 1. The molecule has 5 rings (SSSR count). The summed E-state index contributed by atoms with van der Waals surface area (Å²) in [5, 5.41) is 16.7. The largest absolute Gasteiger partial charge is 0.485 e. The van der Waals surface area contributed by atoms with Crippen molar-refractivity contribution in [1.82, 2.24) is 19.9 Å². The van der Waals surface area contributed by atoms with Gasteiger partial charge in [0.15, 0.2) is 11.5 Å². The highest BCUT2D eigenvalue weighted by atomic mass is 16.6. The average molecular weight is 478 g/mol. The van der Waals surface area contributed by atoms with Gasteiger partial charge in [0.25, 0.3) is 5.91 Å². The van der Waals surface area contributed by atoms with E-state index in [1.807, 2.05) is 0 Å². The van der Waals surface area contributed by atoms with Crippen LogP contribution in [0.1, 0.15) is 35.7 Å². The molecule has 4 heterocycles. The van der Waals surface area contributed by atoms with Crippen LogP contribution < -0.4 is 20.1 Å². The molecule has 1 fully saturated rings. The van der Waals surface area contributed by atoms with E-state index in [9.17, 15) is 10.1 Å². The van der Waals surface area contributed by atoms with Crippen molar-refractivity contribution < 1.29 is 19.0 Å². The monoisotopic (exact) mass is 477 g/mol. The molecule has 1 amide bonds. The summed E-state index contributed by atoms with van der Waals surface area (Å²) in [7, 11) is 0. The van der Waals surface area contributed by atoms with Gasteiger partial charge in [-0.2, -0.15) is 15.2 Å². The van der Waals surface area contributed by atoms with Crippen LogP contribution in [0.2, 0.25) is 0 Å². The normalized spacial score (nSPS) is 15.0. The van der Waals surface area contributed by atoms with Gasteiger partial charge in [-0.25, -0.2) is 0 Å². The summed E-state index contributed by atoms with van der Waals surface area (Å²) in [5.74, 6) is 1.65. The predicted octanol–water partition coefficient (Wildman–Crippen LogP) is 3.03. The first-order chi connectivity index (χ1) is 17.2. The van der Waals surface area contributed by atoms with Crippen molar-refractivity contribution in [3.8, 4) is 17.6 Å². The Labute approximate surface area is 202 Å². The van der Waals surface area contributed by atoms with Crippen LogP contribution in [-0.2, 0) is 4.74 Å². The van der Waals surface area contributed by atoms with Gasteiger partial charge < -0.3 is 34.7 Å². The fraction of sp³-hybridized carbons (Fsp3) is 0.417. The third kappa shape index (κ3) is 4.52. The SMILES string of the molecule is CCCCNc1nc(Nc2ccc(C(=O)N3CCOCC3)c3c2OCCO3)nc2[nH]cc(C#N)c12. The van der Waals surface area contributed by atoms with Gasteiger partial charge in [0.2, 0.25) is 5.95 Å². The van der Waals surface area contributed by atoms with Crippen LogP contribution in [0.4, 0.5) is 17.5 Å². The van der Waals surface area contributed by atoms with Crippen molar-refractivity contribution >= 4 is 34.4 Å². The van der Waals surface area contributed by atoms with Crippen LogP contribution in [0.15, 0.2) is 18.3 Å². The molecule has 11 heteroatoms. The minimum atomic E-state index is -0.114. The number of benzene rings is 1. The maximum atomic E-state index is 13.1. The number of nitriles is 1. The molecule has 0 bridgehead atoms. The number of aromatic nitrogens is 3. The number of carbonyl (C=O) groups is 1. The lowest BCUT2D eigenvalue weighted by atomic mass is 10.1. The van der Waals surface area contributed by atoms with Gasteiger partial charge in [-0.15, -0.1) is 0 Å². The van der Waals surface area contributed by atoms with Crippen molar-refractivity contribution in [2.75, 3.05) is 56.7 Å². The average Bonchev–Trinajstić information content (AvgIpc) is 3.32. The van der Waals surface area contributed by atoms with E-state index < -0.39 is 0 Å². The van der Waals surface area contributed by atoms with Gasteiger partial charge in [-0.1, -0.05) is 13.3 Å². The molecule has 0 atom stereocenters. The number of rotatable bonds is 7. The molecule has 35 heavy (non-hydrogen) atoms. The highest BCUT2D eigenvalue weighted by Gasteiger charge is 2.28. The number of carbonyl (C=O) groups excluding carboxylic acids is 1. The highest BCUT2D eigenvalue weighted by molar-refractivity contribution is 5.99. The minimum Gasteiger partial charge on any atom is -0.485 e. The van der Waals surface area contributed by atoms with Gasteiger partial charge in [-0.3, -0.25) is 4.79 Å². The van der Waals surface area contributed by atoms with Gasteiger partial charge in [0.1, 0.15) is 30.7 Å². The molecule has 2 aliphatic rings. The first kappa shape index (κ1) is 22.7. The molecular formula is C24H27N7O4. The smallest absolute Gasteiger partial charge is 0.257 e. The zero-order valence-electron chi connectivity index (χ0n) is 19.5. The van der Waals surface area contributed by atoms with Crippen LogP contribution in [0.5, 0.6) is 11.5 Å². The summed E-state index contributed by atoms with van der Waals surface area (Å²) in [6.45, 7) is 5.67. The second kappa shape index (κ2) is 10.1. The fourth-order valence-corrected chi connectivity index (χ4v) is 4.15. The number of fused-ring (bicyclic) bond motifs is 2. The summed E-state index contributed by atoms with van der Waals surface area (Å²) >= 11 is 0. The minimum absolute atomic E-state index is 0.114. The molecule has 11 nitrogen and oxygen atoms in total. The highest BCUT2D eigenvalue weighted by Crippen LogP contribution is 2.42. The second-order valence-corrected chi connectivity index (χ2v) is 8.26. The Morgan fingerprint density at radius 3 is 2.74 bits per heavy atom. The number of unbranched alkanes of at least 4 members (excludes halogenated alkanes) is 1. The number of amides is 1. The molecule has 0 saturated carbocycles. The second-order valence-electron chi connectivity index (χ2n) is 8.26. The van der Waals surface area contributed by atoms with Gasteiger partial charge in [-0.05, 0) is 18.6 Å². The van der Waals surface area contributed by atoms with E-state index in [4.69, 9.17) is 14.2 Å². The van der Waals surface area contributed by atoms with E-state index >= 15 is 0 Å². The zero-order valence-corrected chi connectivity index (χ0v) is 19.5. The molecule has 0 unspecified atom stereocenters. The number of nitrogens with one attached hydrogen (secondary N) is 3. The van der Waals surface area contributed by atoms with Gasteiger partial charge in [0, 0.05) is 25.8 Å². The predicted molar refractivity (Wildman–Crippen MR) is 129 cm³/mol. The van der Waals surface area contributed by atoms with Crippen LogP contribution >= 0.6 is 0 Å². The molecule has 0 spiro atoms. The third-order valence-corrected chi connectivity index (χ3v) is 5.94. The molecule has 1 aromatic carbocycles. The Kier molecular flexibility index (Phi) is 6.54. The summed E-state index contributed by atoms with van der Waals surface area (Å²) in [5.41, 5.74) is 2.06. The zero-order chi connectivity index (χ0) is 24.2. The standard InChI is InChI=1S/C24H27N7O4/c1-2-3-6-26-21-18-15(13-25)14-27-22(18)30-24(29-21)28-17-5-4-16(19-20(17)35-12-11-34-19)23(32)31-7-9-33-10-8-31/h4-5,14H,2-3,6-12H2,1H3,(H3,26,27,28,29,30). The number of nitrogens with zero attached hydrogens (tertiary/aromatic N) is 4. The summed E-state index contributed by atoms with van der Waals surface area (Å²) in [6, 6.07) is 5.69. The first-order valence-electron chi connectivity index (χ1n) is 11.8. The summed E-state index contributed by atoms with van der Waals surface area (Å²) in [4.78, 5) is 27.1. The quantitative estimate of drug-likeness (QED) is 0.438. The third-order valence-electron chi connectivity index (χ3n) is 5.94. The number of anilines is 3. The number of morpholine rings is 1. The van der Waals surface area contributed by atoms with Crippen LogP contribution in [-0.4, -0.2) is 71.8 Å². The Balaban J connectivity index is 1.48. The molecular weight excluding hydrogens is 450 g/mol. The summed E-state index contributed by atoms with van der Waals surface area (Å²) in [6.07, 6.45) is 3.63. The Morgan fingerprint density at radius 2 is 1.97 bits per heavy atom. The van der Waals surface area contributed by atoms with Gasteiger partial charge >= 0.3 is 0 Å². The molecule has 2 aliphatic heterocycles. The van der Waals surface area contributed by atoms with Crippen molar-refractivity contribution in [2.45, 2.75) is 19.8 Å². The molecule has 3 aromatic rings. The molecule has 182 valence electrons. The molecule has 1 saturated heterocycles. The van der Waals surface area contributed by atoms with Crippen LogP contribution in [0.3, 0.4) is 0 Å². The Hall–Kier alpha value is -4.04. The first-order valence-corrected chi connectivity index (χ1v) is 11.8. The van der Waals surface area contributed by atoms with E-state index in [0.717, 1.165) is 19.4 Å². The number of hydrogen-bond donors (Lipinski definition) is 3. The van der Waals surface area contributed by atoms with Gasteiger partial charge in [0.05, 0.1) is 35.4 Å². The lowest BCUT2D eigenvalue weighted by Crippen LogP contribution is -2.41. The van der Waals surface area contributed by atoms with E-state index in [-0.39, 0.29) is 5.91 Å². The maximum Gasteiger partial charge on any atom is 0.257 e.